The monoisotopic (exact) mass is 283 g/mol. The van der Waals surface area contributed by atoms with Crippen molar-refractivity contribution < 1.29 is 9.72 Å². The predicted molar refractivity (Wildman–Crippen MR) is 81.9 cm³/mol. The highest BCUT2D eigenvalue weighted by Crippen LogP contribution is 2.23. The number of aryl methyl sites for hydroxylation is 4. The zero-order valence-electron chi connectivity index (χ0n) is 12.6. The van der Waals surface area contributed by atoms with Gasteiger partial charge in [-0.1, -0.05) is 6.07 Å². The van der Waals surface area contributed by atoms with Gasteiger partial charge in [0, 0.05) is 23.3 Å². The van der Waals surface area contributed by atoms with Crippen LogP contribution in [-0.2, 0) is 0 Å². The molecule has 0 N–H and O–H groups in total. The van der Waals surface area contributed by atoms with Crippen LogP contribution < -0.4 is 0 Å². The van der Waals surface area contributed by atoms with Gasteiger partial charge in [0.25, 0.3) is 5.69 Å². The summed E-state index contributed by atoms with van der Waals surface area (Å²) in [6, 6.07) is 8.21. The van der Waals surface area contributed by atoms with Gasteiger partial charge in [-0.15, -0.1) is 0 Å². The van der Waals surface area contributed by atoms with Gasteiger partial charge >= 0.3 is 0 Å². The SMILES string of the molecule is Cc1cc(C)c(C(=O)c2ccc([N+](=O)[O-])cc2C)cc1C. The average Bonchev–Trinajstić information content (AvgIpc) is 2.42. The Bertz CT molecular complexity index is 748. The van der Waals surface area contributed by atoms with E-state index in [1.54, 1.807) is 6.92 Å². The van der Waals surface area contributed by atoms with Crippen molar-refractivity contribution in [1.29, 1.82) is 0 Å². The van der Waals surface area contributed by atoms with Gasteiger partial charge in [-0.3, -0.25) is 14.9 Å². The minimum Gasteiger partial charge on any atom is -0.289 e. The molecule has 2 aromatic rings. The Morgan fingerprint density at radius 3 is 2.00 bits per heavy atom. The number of hydrogen-bond donors (Lipinski definition) is 0. The molecule has 2 rings (SSSR count). The molecule has 0 amide bonds. The highest BCUT2D eigenvalue weighted by molar-refractivity contribution is 6.11. The van der Waals surface area contributed by atoms with Crippen LogP contribution in [0.5, 0.6) is 0 Å². The lowest BCUT2D eigenvalue weighted by Crippen LogP contribution is -2.07. The second-order valence-electron chi connectivity index (χ2n) is 5.34. The molecule has 0 aliphatic heterocycles. The third-order valence-corrected chi connectivity index (χ3v) is 3.75. The fourth-order valence-corrected chi connectivity index (χ4v) is 2.37. The highest BCUT2D eigenvalue weighted by atomic mass is 16.6. The first-order chi connectivity index (χ1) is 9.81. The number of nitrogens with zero attached hydrogens (tertiary/aromatic N) is 1. The summed E-state index contributed by atoms with van der Waals surface area (Å²) in [5.74, 6) is -0.0944. The Balaban J connectivity index is 2.50. The van der Waals surface area contributed by atoms with Crippen molar-refractivity contribution in [3.05, 3.63) is 73.8 Å². The molecule has 4 nitrogen and oxygen atoms in total. The zero-order valence-corrected chi connectivity index (χ0v) is 12.6. The Kier molecular flexibility index (Phi) is 3.89. The summed E-state index contributed by atoms with van der Waals surface area (Å²) in [6.45, 7) is 7.60. The molecule has 0 atom stereocenters. The Hall–Kier alpha value is -2.49. The molecule has 0 saturated heterocycles. The number of ketones is 1. The fraction of sp³-hybridized carbons (Fsp3) is 0.235. The minimum atomic E-state index is -0.456. The summed E-state index contributed by atoms with van der Waals surface area (Å²) in [5.41, 5.74) is 4.89. The molecule has 0 spiro atoms. The van der Waals surface area contributed by atoms with Gasteiger partial charge < -0.3 is 0 Å². The summed E-state index contributed by atoms with van der Waals surface area (Å²) in [6.07, 6.45) is 0. The van der Waals surface area contributed by atoms with E-state index in [0.717, 1.165) is 16.7 Å². The van der Waals surface area contributed by atoms with Crippen LogP contribution in [0.1, 0.15) is 38.2 Å². The second kappa shape index (κ2) is 5.48. The van der Waals surface area contributed by atoms with E-state index < -0.39 is 4.92 Å². The van der Waals surface area contributed by atoms with Crippen LogP contribution in [-0.4, -0.2) is 10.7 Å². The van der Waals surface area contributed by atoms with Gasteiger partial charge in [-0.05, 0) is 62.1 Å². The van der Waals surface area contributed by atoms with Crippen molar-refractivity contribution in [3.8, 4) is 0 Å². The number of carbonyl (C=O) groups excluding carboxylic acids is 1. The van der Waals surface area contributed by atoms with Crippen LogP contribution >= 0.6 is 0 Å². The van der Waals surface area contributed by atoms with Gasteiger partial charge in [0.15, 0.2) is 5.78 Å². The molecule has 0 fully saturated rings. The van der Waals surface area contributed by atoms with Gasteiger partial charge in [0.1, 0.15) is 0 Å². The van der Waals surface area contributed by atoms with E-state index in [0.29, 0.717) is 16.7 Å². The van der Waals surface area contributed by atoms with Gasteiger partial charge in [-0.2, -0.15) is 0 Å². The fourth-order valence-electron chi connectivity index (χ4n) is 2.37. The minimum absolute atomic E-state index is 0.000795. The molecule has 0 aromatic heterocycles. The summed E-state index contributed by atoms with van der Waals surface area (Å²) in [5, 5.41) is 10.8. The molecule has 0 bridgehead atoms. The number of hydrogen-bond acceptors (Lipinski definition) is 3. The number of nitro groups is 1. The van der Waals surface area contributed by atoms with Gasteiger partial charge in [0.2, 0.25) is 0 Å². The predicted octanol–water partition coefficient (Wildman–Crippen LogP) is 4.06. The quantitative estimate of drug-likeness (QED) is 0.485. The molecule has 0 aliphatic carbocycles. The van der Waals surface area contributed by atoms with E-state index in [1.165, 1.54) is 18.2 Å². The molecule has 0 unspecified atom stereocenters. The van der Waals surface area contributed by atoms with Crippen molar-refractivity contribution in [3.63, 3.8) is 0 Å². The van der Waals surface area contributed by atoms with Crippen molar-refractivity contribution in [2.24, 2.45) is 0 Å². The first kappa shape index (κ1) is 14.9. The summed E-state index contributed by atoms with van der Waals surface area (Å²) >= 11 is 0. The lowest BCUT2D eigenvalue weighted by Gasteiger charge is -2.10. The van der Waals surface area contributed by atoms with Crippen LogP contribution in [0.15, 0.2) is 30.3 Å². The Morgan fingerprint density at radius 1 is 0.857 bits per heavy atom. The second-order valence-corrected chi connectivity index (χ2v) is 5.34. The third kappa shape index (κ3) is 2.84. The largest absolute Gasteiger partial charge is 0.289 e. The van der Waals surface area contributed by atoms with E-state index in [4.69, 9.17) is 0 Å². The van der Waals surface area contributed by atoms with Crippen molar-refractivity contribution in [1.82, 2.24) is 0 Å². The maximum absolute atomic E-state index is 12.7. The van der Waals surface area contributed by atoms with Crippen LogP contribution in [0.4, 0.5) is 5.69 Å². The number of nitro benzene ring substituents is 1. The van der Waals surface area contributed by atoms with Crippen LogP contribution in [0.25, 0.3) is 0 Å². The highest BCUT2D eigenvalue weighted by Gasteiger charge is 2.17. The van der Waals surface area contributed by atoms with Gasteiger partial charge in [-0.25, -0.2) is 0 Å². The van der Waals surface area contributed by atoms with Crippen molar-refractivity contribution >= 4 is 11.5 Å². The van der Waals surface area contributed by atoms with E-state index in [1.807, 2.05) is 32.9 Å². The van der Waals surface area contributed by atoms with E-state index in [-0.39, 0.29) is 11.5 Å². The van der Waals surface area contributed by atoms with E-state index in [9.17, 15) is 14.9 Å². The number of non-ortho nitro benzene ring substituents is 1. The van der Waals surface area contributed by atoms with Crippen LogP contribution in [0.3, 0.4) is 0 Å². The van der Waals surface area contributed by atoms with Crippen molar-refractivity contribution in [2.45, 2.75) is 27.7 Å². The average molecular weight is 283 g/mol. The van der Waals surface area contributed by atoms with E-state index >= 15 is 0 Å². The maximum Gasteiger partial charge on any atom is 0.269 e. The summed E-state index contributed by atoms with van der Waals surface area (Å²) in [7, 11) is 0. The standard InChI is InChI=1S/C17H17NO3/c1-10-7-12(3)16(9-11(10)2)17(19)15-6-5-14(18(20)21)8-13(15)4/h5-9H,1-4H3. The molecule has 2 aromatic carbocycles. The summed E-state index contributed by atoms with van der Waals surface area (Å²) < 4.78 is 0. The number of benzene rings is 2. The molecule has 4 heteroatoms. The molecule has 108 valence electrons. The summed E-state index contributed by atoms with van der Waals surface area (Å²) in [4.78, 5) is 23.0. The molecule has 0 aliphatic rings. The Morgan fingerprint density at radius 2 is 1.43 bits per heavy atom. The molecule has 0 heterocycles. The third-order valence-electron chi connectivity index (χ3n) is 3.75. The lowest BCUT2D eigenvalue weighted by molar-refractivity contribution is -0.384. The van der Waals surface area contributed by atoms with E-state index in [2.05, 4.69) is 0 Å². The molecule has 0 radical (unpaired) electrons. The lowest BCUT2D eigenvalue weighted by atomic mass is 9.93. The Labute approximate surface area is 123 Å². The molecular formula is C17H17NO3. The first-order valence-corrected chi connectivity index (χ1v) is 6.69. The molecule has 0 saturated carbocycles. The number of rotatable bonds is 3. The van der Waals surface area contributed by atoms with Crippen LogP contribution in [0.2, 0.25) is 0 Å². The van der Waals surface area contributed by atoms with Gasteiger partial charge in [0.05, 0.1) is 4.92 Å². The van der Waals surface area contributed by atoms with Crippen molar-refractivity contribution in [2.75, 3.05) is 0 Å². The molecule has 21 heavy (non-hydrogen) atoms. The number of carbonyl (C=O) groups is 1. The smallest absolute Gasteiger partial charge is 0.269 e. The normalized spacial score (nSPS) is 10.5. The zero-order chi connectivity index (χ0) is 15.7. The maximum atomic E-state index is 12.7. The molecular weight excluding hydrogens is 266 g/mol. The van der Waals surface area contributed by atoms with Crippen LogP contribution in [0, 0.1) is 37.8 Å². The topological polar surface area (TPSA) is 60.2 Å². The first-order valence-electron chi connectivity index (χ1n) is 6.69.